The molecule has 0 fully saturated rings. The summed E-state index contributed by atoms with van der Waals surface area (Å²) in [6, 6.07) is 17.5. The van der Waals surface area contributed by atoms with Gasteiger partial charge in [0, 0.05) is 15.2 Å². The van der Waals surface area contributed by atoms with Gasteiger partial charge in [-0.05, 0) is 52.4 Å². The highest BCUT2D eigenvalue weighted by Gasteiger charge is 2.10. The van der Waals surface area contributed by atoms with Crippen LogP contribution in [0.2, 0.25) is 0 Å². The Morgan fingerprint density at radius 2 is 1.90 bits per heavy atom. The number of fused-ring (bicyclic) bond motifs is 1. The van der Waals surface area contributed by atoms with E-state index < -0.39 is 0 Å². The van der Waals surface area contributed by atoms with Crippen LogP contribution in [0.1, 0.15) is 5.56 Å². The maximum Gasteiger partial charge on any atom is 0.418 e. The lowest BCUT2D eigenvalue weighted by atomic mass is 10.2. The lowest BCUT2D eigenvalue weighted by Gasteiger charge is -2.06. The Morgan fingerprint density at radius 3 is 2.70 bits per heavy atom. The van der Waals surface area contributed by atoms with Crippen molar-refractivity contribution in [3.05, 3.63) is 69.9 Å². The van der Waals surface area contributed by atoms with Gasteiger partial charge >= 0.3 is 6.09 Å². The Morgan fingerprint density at radius 1 is 1.10 bits per heavy atom. The van der Waals surface area contributed by atoms with Gasteiger partial charge in [0.1, 0.15) is 6.61 Å². The van der Waals surface area contributed by atoms with E-state index in [4.69, 9.17) is 4.74 Å². The molecular formula is C16H12INO2. The van der Waals surface area contributed by atoms with E-state index >= 15 is 0 Å². The first kappa shape index (κ1) is 13.2. The molecule has 0 atom stereocenters. The molecule has 3 rings (SSSR count). The monoisotopic (exact) mass is 377 g/mol. The summed E-state index contributed by atoms with van der Waals surface area (Å²) in [7, 11) is 0. The quantitative estimate of drug-likeness (QED) is 0.619. The molecule has 0 radical (unpaired) electrons. The summed E-state index contributed by atoms with van der Waals surface area (Å²) < 4.78 is 8.01. The number of rotatable bonds is 2. The van der Waals surface area contributed by atoms with Crippen molar-refractivity contribution in [2.45, 2.75) is 6.61 Å². The fraction of sp³-hybridized carbons (Fsp3) is 0.0625. The number of hydrogen-bond donors (Lipinski definition) is 0. The Bertz CT molecular complexity index is 750. The highest BCUT2D eigenvalue weighted by molar-refractivity contribution is 14.1. The second-order valence-corrected chi connectivity index (χ2v) is 5.67. The molecule has 0 spiro atoms. The number of hydrogen-bond acceptors (Lipinski definition) is 2. The van der Waals surface area contributed by atoms with E-state index in [-0.39, 0.29) is 12.7 Å². The molecule has 1 aromatic heterocycles. The molecule has 0 bridgehead atoms. The number of ether oxygens (including phenoxy) is 1. The molecule has 0 saturated heterocycles. The maximum absolute atomic E-state index is 12.1. The average Bonchev–Trinajstić information content (AvgIpc) is 2.89. The van der Waals surface area contributed by atoms with Gasteiger partial charge < -0.3 is 4.74 Å². The largest absolute Gasteiger partial charge is 0.444 e. The molecule has 2 aromatic carbocycles. The lowest BCUT2D eigenvalue weighted by Crippen LogP contribution is -2.12. The Kier molecular flexibility index (Phi) is 3.73. The molecule has 0 aliphatic rings. The predicted molar refractivity (Wildman–Crippen MR) is 86.7 cm³/mol. The van der Waals surface area contributed by atoms with Crippen molar-refractivity contribution in [1.29, 1.82) is 0 Å². The maximum atomic E-state index is 12.1. The molecule has 20 heavy (non-hydrogen) atoms. The van der Waals surface area contributed by atoms with Crippen LogP contribution in [0, 0.1) is 3.57 Å². The molecule has 0 saturated carbocycles. The summed E-state index contributed by atoms with van der Waals surface area (Å²) in [6.45, 7) is 0.281. The van der Waals surface area contributed by atoms with Crippen LogP contribution in [0.5, 0.6) is 0 Å². The normalized spacial score (nSPS) is 10.7. The van der Waals surface area contributed by atoms with Gasteiger partial charge in [-0.25, -0.2) is 4.79 Å². The van der Waals surface area contributed by atoms with Crippen molar-refractivity contribution >= 4 is 39.6 Å². The summed E-state index contributed by atoms with van der Waals surface area (Å²) in [5, 5.41) is 1.04. The van der Waals surface area contributed by atoms with Crippen LogP contribution in [0.15, 0.2) is 60.8 Å². The molecule has 0 N–H and O–H groups in total. The number of benzene rings is 2. The van der Waals surface area contributed by atoms with Gasteiger partial charge in [0.25, 0.3) is 0 Å². The zero-order valence-electron chi connectivity index (χ0n) is 10.6. The molecule has 3 aromatic rings. The fourth-order valence-electron chi connectivity index (χ4n) is 2.06. The topological polar surface area (TPSA) is 31.2 Å². The van der Waals surface area contributed by atoms with Crippen molar-refractivity contribution < 1.29 is 9.53 Å². The lowest BCUT2D eigenvalue weighted by molar-refractivity contribution is 0.142. The fourth-order valence-corrected chi connectivity index (χ4v) is 2.58. The van der Waals surface area contributed by atoms with Crippen molar-refractivity contribution in [2.75, 3.05) is 0 Å². The van der Waals surface area contributed by atoms with Crippen LogP contribution < -0.4 is 0 Å². The minimum absolute atomic E-state index is 0.281. The third-order valence-electron chi connectivity index (χ3n) is 3.05. The summed E-state index contributed by atoms with van der Waals surface area (Å²) >= 11 is 2.25. The first-order chi connectivity index (χ1) is 9.74. The van der Waals surface area contributed by atoms with Crippen LogP contribution in [-0.2, 0) is 11.3 Å². The van der Waals surface area contributed by atoms with Gasteiger partial charge in [0.15, 0.2) is 0 Å². The average molecular weight is 377 g/mol. The molecule has 0 amide bonds. The van der Waals surface area contributed by atoms with Crippen LogP contribution in [0.3, 0.4) is 0 Å². The Labute approximate surface area is 130 Å². The molecule has 0 aliphatic heterocycles. The third-order valence-corrected chi connectivity index (χ3v) is 3.73. The molecule has 0 aliphatic carbocycles. The third kappa shape index (κ3) is 2.70. The second kappa shape index (κ2) is 5.66. The van der Waals surface area contributed by atoms with Crippen LogP contribution in [0.4, 0.5) is 4.79 Å². The number of nitrogens with zero attached hydrogens (tertiary/aromatic N) is 1. The Hall–Kier alpha value is -1.82. The predicted octanol–water partition coefficient (Wildman–Crippen LogP) is 4.43. The minimum Gasteiger partial charge on any atom is -0.444 e. The molecule has 3 nitrogen and oxygen atoms in total. The van der Waals surface area contributed by atoms with Crippen molar-refractivity contribution in [3.8, 4) is 0 Å². The Balaban J connectivity index is 1.79. The molecular weight excluding hydrogens is 365 g/mol. The minimum atomic E-state index is -0.356. The summed E-state index contributed by atoms with van der Waals surface area (Å²) in [5.74, 6) is 0. The molecule has 4 heteroatoms. The van der Waals surface area contributed by atoms with Gasteiger partial charge in [0.2, 0.25) is 0 Å². The molecule has 0 unspecified atom stereocenters. The second-order valence-electron chi connectivity index (χ2n) is 4.43. The summed E-state index contributed by atoms with van der Waals surface area (Å²) in [4.78, 5) is 12.1. The first-order valence-electron chi connectivity index (χ1n) is 6.22. The first-order valence-corrected chi connectivity index (χ1v) is 7.29. The van der Waals surface area contributed by atoms with Gasteiger partial charge in [-0.3, -0.25) is 4.57 Å². The van der Waals surface area contributed by atoms with Crippen molar-refractivity contribution in [3.63, 3.8) is 0 Å². The van der Waals surface area contributed by atoms with E-state index in [9.17, 15) is 4.79 Å². The van der Waals surface area contributed by atoms with Crippen LogP contribution in [-0.4, -0.2) is 10.7 Å². The number of aromatic nitrogens is 1. The van der Waals surface area contributed by atoms with E-state index in [1.54, 1.807) is 6.20 Å². The van der Waals surface area contributed by atoms with E-state index in [1.807, 2.05) is 54.6 Å². The van der Waals surface area contributed by atoms with E-state index in [0.29, 0.717) is 0 Å². The highest BCUT2D eigenvalue weighted by Crippen LogP contribution is 2.19. The highest BCUT2D eigenvalue weighted by atomic mass is 127. The van der Waals surface area contributed by atoms with E-state index in [2.05, 4.69) is 22.6 Å². The van der Waals surface area contributed by atoms with Gasteiger partial charge in [-0.1, -0.05) is 30.3 Å². The van der Waals surface area contributed by atoms with E-state index in [1.165, 1.54) is 4.57 Å². The summed E-state index contributed by atoms with van der Waals surface area (Å²) in [5.41, 5.74) is 1.84. The number of carbonyl (C=O) groups is 1. The zero-order chi connectivity index (χ0) is 13.9. The summed E-state index contributed by atoms with van der Waals surface area (Å²) in [6.07, 6.45) is 1.39. The van der Waals surface area contributed by atoms with Crippen LogP contribution in [0.25, 0.3) is 10.9 Å². The van der Waals surface area contributed by atoms with Gasteiger partial charge in [0.05, 0.1) is 5.52 Å². The smallest absolute Gasteiger partial charge is 0.418 e. The van der Waals surface area contributed by atoms with Gasteiger partial charge in [-0.2, -0.15) is 0 Å². The SMILES string of the molecule is O=C(OCc1ccccc1)n1ccc2cc(I)ccc21. The molecule has 100 valence electrons. The standard InChI is InChI=1S/C16H12INO2/c17-14-6-7-15-13(10-14)8-9-18(15)16(19)20-11-12-4-2-1-3-5-12/h1-10H,11H2. The number of halogens is 1. The van der Waals surface area contributed by atoms with Crippen LogP contribution >= 0.6 is 22.6 Å². The number of carbonyl (C=O) groups excluding carboxylic acids is 1. The van der Waals surface area contributed by atoms with E-state index in [0.717, 1.165) is 20.0 Å². The molecule has 1 heterocycles. The van der Waals surface area contributed by atoms with Crippen molar-refractivity contribution in [2.24, 2.45) is 0 Å². The van der Waals surface area contributed by atoms with Crippen molar-refractivity contribution in [1.82, 2.24) is 4.57 Å². The zero-order valence-corrected chi connectivity index (χ0v) is 12.8. The van der Waals surface area contributed by atoms with Gasteiger partial charge in [-0.15, -0.1) is 0 Å².